The number of piperidine rings is 1. The maximum Gasteiger partial charge on any atom is 0.165 e. The normalized spacial score (nSPS) is 17.7. The van der Waals surface area contributed by atoms with Gasteiger partial charge in [0.05, 0.1) is 0 Å². The fourth-order valence-electron chi connectivity index (χ4n) is 3.68. The van der Waals surface area contributed by atoms with Gasteiger partial charge >= 0.3 is 0 Å². The van der Waals surface area contributed by atoms with Crippen LogP contribution in [0, 0.1) is 12.3 Å². The van der Waals surface area contributed by atoms with Crippen molar-refractivity contribution in [2.45, 2.75) is 39.7 Å². The van der Waals surface area contributed by atoms with Crippen LogP contribution < -0.4 is 14.2 Å². The Morgan fingerprint density at radius 2 is 1.90 bits per heavy atom. The molecule has 7 heteroatoms. The highest BCUT2D eigenvalue weighted by molar-refractivity contribution is 6.01. The molecule has 2 N–H and O–H groups in total. The molecule has 0 radical (unpaired) electrons. The van der Waals surface area contributed by atoms with Crippen molar-refractivity contribution in [3.8, 4) is 17.2 Å². The Morgan fingerprint density at radius 3 is 2.59 bits per heavy atom. The van der Waals surface area contributed by atoms with E-state index in [1.54, 1.807) is 0 Å². The van der Waals surface area contributed by atoms with E-state index in [1.807, 2.05) is 45.2 Å². The highest BCUT2D eigenvalue weighted by atomic mass is 16.6. The van der Waals surface area contributed by atoms with E-state index in [0.29, 0.717) is 19.0 Å². The minimum Gasteiger partial charge on any atom is -0.490 e. The van der Waals surface area contributed by atoms with Crippen LogP contribution in [0.1, 0.15) is 38.2 Å². The Hall–Kier alpha value is -2.96. The topological polar surface area (TPSA) is 83.5 Å². The Balaban J connectivity index is 1.35. The van der Waals surface area contributed by atoms with Gasteiger partial charge in [-0.1, -0.05) is 0 Å². The summed E-state index contributed by atoms with van der Waals surface area (Å²) in [6, 6.07) is 5.75. The number of nitrogens with zero attached hydrogens (tertiary/aromatic N) is 2. The number of rotatable bonds is 4. The number of benzene rings is 1. The third-order valence-corrected chi connectivity index (χ3v) is 5.55. The summed E-state index contributed by atoms with van der Waals surface area (Å²) in [6.45, 7) is 8.75. The van der Waals surface area contributed by atoms with Crippen molar-refractivity contribution < 1.29 is 14.2 Å². The third kappa shape index (κ3) is 4.23. The molecular formula is C22H28N4O3. The second-order valence-corrected chi connectivity index (χ2v) is 7.62. The number of nitrogens with one attached hydrogen (secondary N) is 2. The number of amidine groups is 1. The lowest BCUT2D eigenvalue weighted by Crippen LogP contribution is -2.42. The number of aromatic amines is 1. The maximum atomic E-state index is 8.62. The van der Waals surface area contributed by atoms with E-state index in [-0.39, 0.29) is 6.10 Å². The Morgan fingerprint density at radius 1 is 1.17 bits per heavy atom. The molecular weight excluding hydrogens is 368 g/mol. The van der Waals surface area contributed by atoms with Crippen molar-refractivity contribution in [2.24, 2.45) is 0 Å². The van der Waals surface area contributed by atoms with Crippen molar-refractivity contribution in [3.05, 3.63) is 41.5 Å². The molecule has 3 heterocycles. The van der Waals surface area contributed by atoms with Gasteiger partial charge in [-0.25, -0.2) is 4.98 Å². The molecule has 0 saturated carbocycles. The molecule has 154 valence electrons. The molecule has 29 heavy (non-hydrogen) atoms. The zero-order chi connectivity index (χ0) is 20.4. The highest BCUT2D eigenvalue weighted by Crippen LogP contribution is 2.34. The first kappa shape index (κ1) is 19.4. The van der Waals surface area contributed by atoms with Gasteiger partial charge in [-0.2, -0.15) is 0 Å². The van der Waals surface area contributed by atoms with Crippen LogP contribution in [-0.2, 0) is 0 Å². The van der Waals surface area contributed by atoms with Crippen LogP contribution in [0.15, 0.2) is 30.0 Å². The summed E-state index contributed by atoms with van der Waals surface area (Å²) < 4.78 is 17.4. The van der Waals surface area contributed by atoms with Gasteiger partial charge in [0.2, 0.25) is 0 Å². The summed E-state index contributed by atoms with van der Waals surface area (Å²) in [5.74, 6) is 3.73. The van der Waals surface area contributed by atoms with E-state index in [9.17, 15) is 0 Å². The van der Waals surface area contributed by atoms with Crippen LogP contribution >= 0.6 is 0 Å². The maximum absolute atomic E-state index is 8.62. The Bertz CT molecular complexity index is 926. The lowest BCUT2D eigenvalue weighted by atomic mass is 10.0. The molecule has 4 rings (SSSR count). The summed E-state index contributed by atoms with van der Waals surface area (Å²) in [6.07, 6.45) is 3.71. The molecule has 1 aromatic heterocycles. The second kappa shape index (κ2) is 8.19. The number of imidazole rings is 1. The first-order valence-corrected chi connectivity index (χ1v) is 10.1. The average Bonchev–Trinajstić information content (AvgIpc) is 3.19. The molecule has 1 aromatic carbocycles. The minimum atomic E-state index is 0.139. The van der Waals surface area contributed by atoms with Crippen LogP contribution in [0.4, 0.5) is 0 Å². The van der Waals surface area contributed by atoms with E-state index >= 15 is 0 Å². The van der Waals surface area contributed by atoms with Gasteiger partial charge in [0.25, 0.3) is 0 Å². The van der Waals surface area contributed by atoms with Gasteiger partial charge in [0.1, 0.15) is 36.7 Å². The number of aromatic nitrogens is 2. The van der Waals surface area contributed by atoms with Crippen molar-refractivity contribution in [1.82, 2.24) is 14.9 Å². The molecule has 0 aliphatic carbocycles. The summed E-state index contributed by atoms with van der Waals surface area (Å²) in [5, 5.41) is 8.62. The van der Waals surface area contributed by atoms with Crippen molar-refractivity contribution >= 4 is 11.4 Å². The summed E-state index contributed by atoms with van der Waals surface area (Å²) in [7, 11) is 0. The van der Waals surface area contributed by atoms with Gasteiger partial charge in [-0.3, -0.25) is 5.41 Å². The molecule has 2 aliphatic heterocycles. The molecule has 0 spiro atoms. The van der Waals surface area contributed by atoms with Crippen LogP contribution in [0.2, 0.25) is 0 Å². The monoisotopic (exact) mass is 396 g/mol. The SMILES string of the molecule is C/C(C(=N)N1CCC(Oc2ccc3c(c2)OCCO3)CC1)=C(\C)c1ncc(C)[nH]1. The number of hydrogen-bond donors (Lipinski definition) is 2. The predicted molar refractivity (Wildman–Crippen MR) is 112 cm³/mol. The average molecular weight is 396 g/mol. The highest BCUT2D eigenvalue weighted by Gasteiger charge is 2.24. The van der Waals surface area contributed by atoms with Crippen LogP contribution in [0.3, 0.4) is 0 Å². The van der Waals surface area contributed by atoms with Crippen molar-refractivity contribution in [3.63, 3.8) is 0 Å². The number of likely N-dealkylation sites (tertiary alicyclic amines) is 1. The third-order valence-electron chi connectivity index (χ3n) is 5.55. The van der Waals surface area contributed by atoms with Gasteiger partial charge in [0.15, 0.2) is 11.5 Å². The minimum absolute atomic E-state index is 0.139. The van der Waals surface area contributed by atoms with Gasteiger partial charge < -0.3 is 24.1 Å². The van der Waals surface area contributed by atoms with E-state index in [0.717, 1.165) is 65.8 Å². The molecule has 1 saturated heterocycles. The van der Waals surface area contributed by atoms with Gasteiger partial charge in [-0.15, -0.1) is 0 Å². The molecule has 0 atom stereocenters. The van der Waals surface area contributed by atoms with E-state index in [1.165, 1.54) is 0 Å². The number of H-pyrrole nitrogens is 1. The molecule has 0 unspecified atom stereocenters. The molecule has 2 aliphatic rings. The summed E-state index contributed by atoms with van der Waals surface area (Å²) in [5.41, 5.74) is 2.99. The summed E-state index contributed by atoms with van der Waals surface area (Å²) in [4.78, 5) is 9.76. The van der Waals surface area contributed by atoms with E-state index < -0.39 is 0 Å². The largest absolute Gasteiger partial charge is 0.490 e. The molecule has 0 amide bonds. The quantitative estimate of drug-likeness (QED) is 0.607. The van der Waals surface area contributed by atoms with Crippen molar-refractivity contribution in [2.75, 3.05) is 26.3 Å². The number of fused-ring (bicyclic) bond motifs is 1. The predicted octanol–water partition coefficient (Wildman–Crippen LogP) is 3.80. The molecule has 7 nitrogen and oxygen atoms in total. The molecule has 2 aromatic rings. The van der Waals surface area contributed by atoms with Gasteiger partial charge in [0, 0.05) is 43.9 Å². The molecule has 0 bridgehead atoms. The number of hydrogen-bond acceptors (Lipinski definition) is 5. The number of ether oxygens (including phenoxy) is 3. The first-order chi connectivity index (χ1) is 14.0. The smallest absolute Gasteiger partial charge is 0.165 e. The zero-order valence-corrected chi connectivity index (χ0v) is 17.2. The van der Waals surface area contributed by atoms with E-state index in [2.05, 4.69) is 14.9 Å². The second-order valence-electron chi connectivity index (χ2n) is 7.62. The van der Waals surface area contributed by atoms with Crippen molar-refractivity contribution in [1.29, 1.82) is 5.41 Å². The van der Waals surface area contributed by atoms with E-state index in [4.69, 9.17) is 19.6 Å². The molecule has 1 fully saturated rings. The van der Waals surface area contributed by atoms with Crippen LogP contribution in [0.25, 0.3) is 5.57 Å². The Kier molecular flexibility index (Phi) is 5.47. The standard InChI is InChI=1S/C22H28N4O3/c1-14-13-24-22(25-14)16(3)15(2)21(23)26-8-6-17(7-9-26)29-18-4-5-19-20(12-18)28-11-10-27-19/h4-5,12-13,17,23H,6-11H2,1-3H3,(H,24,25)/b16-15-,23-21?. The first-order valence-electron chi connectivity index (χ1n) is 10.1. The lowest BCUT2D eigenvalue weighted by Gasteiger charge is -2.34. The van der Waals surface area contributed by atoms with Crippen LogP contribution in [-0.4, -0.2) is 53.1 Å². The lowest BCUT2D eigenvalue weighted by molar-refractivity contribution is 0.128. The Labute approximate surface area is 171 Å². The fourth-order valence-corrected chi connectivity index (χ4v) is 3.68. The zero-order valence-electron chi connectivity index (χ0n) is 17.2. The van der Waals surface area contributed by atoms with Gasteiger partial charge in [-0.05, 0) is 44.1 Å². The summed E-state index contributed by atoms with van der Waals surface area (Å²) >= 11 is 0. The number of allylic oxidation sites excluding steroid dienone is 1. The number of aryl methyl sites for hydroxylation is 1. The van der Waals surface area contributed by atoms with Crippen LogP contribution in [0.5, 0.6) is 17.2 Å². The fraction of sp³-hybridized carbons (Fsp3) is 0.455.